The zero-order chi connectivity index (χ0) is 14.5. The molecule has 4 N–H and O–H groups in total. The van der Waals surface area contributed by atoms with Gasteiger partial charge in [0.05, 0.1) is 11.6 Å². The van der Waals surface area contributed by atoms with Crippen LogP contribution < -0.4 is 16.0 Å². The van der Waals surface area contributed by atoms with E-state index in [-0.39, 0.29) is 0 Å². The molecule has 0 bridgehead atoms. The Hall–Kier alpha value is -3.01. The number of carboxylic acid groups (broad SMARTS) is 1. The fourth-order valence-corrected chi connectivity index (χ4v) is 1.79. The van der Waals surface area contributed by atoms with Crippen molar-refractivity contribution in [2.45, 2.75) is 12.1 Å². The van der Waals surface area contributed by atoms with E-state index < -0.39 is 24.0 Å². The highest BCUT2D eigenvalue weighted by Crippen LogP contribution is 2.10. The van der Waals surface area contributed by atoms with E-state index in [2.05, 4.69) is 16.0 Å². The second kappa shape index (κ2) is 5.75. The van der Waals surface area contributed by atoms with Crippen LogP contribution in [0.5, 0.6) is 0 Å². The molecule has 20 heavy (non-hydrogen) atoms. The molecule has 0 aromatic heterocycles. The van der Waals surface area contributed by atoms with Crippen molar-refractivity contribution >= 4 is 17.6 Å². The first kappa shape index (κ1) is 13.4. The van der Waals surface area contributed by atoms with Gasteiger partial charge in [-0.25, -0.2) is 4.79 Å². The van der Waals surface area contributed by atoms with Gasteiger partial charge in [0.25, 0.3) is 0 Å². The van der Waals surface area contributed by atoms with Crippen molar-refractivity contribution in [1.82, 2.24) is 10.6 Å². The highest BCUT2D eigenvalue weighted by Gasteiger charge is 2.34. The molecule has 0 saturated heterocycles. The summed E-state index contributed by atoms with van der Waals surface area (Å²) in [5, 5.41) is 25.6. The van der Waals surface area contributed by atoms with E-state index in [1.165, 1.54) is 12.4 Å². The van der Waals surface area contributed by atoms with Crippen LogP contribution in [0.4, 0.5) is 5.69 Å². The van der Waals surface area contributed by atoms with Gasteiger partial charge in [0.2, 0.25) is 5.91 Å². The molecule has 7 nitrogen and oxygen atoms in total. The van der Waals surface area contributed by atoms with Crippen molar-refractivity contribution in [2.24, 2.45) is 0 Å². The molecule has 2 atom stereocenters. The minimum absolute atomic E-state index is 0.473. The van der Waals surface area contributed by atoms with Crippen LogP contribution in [-0.2, 0) is 9.59 Å². The number of hydrogen-bond acceptors (Lipinski definition) is 5. The smallest absolute Gasteiger partial charge is 0.328 e. The molecule has 2 unspecified atom stereocenters. The van der Waals surface area contributed by atoms with Crippen LogP contribution in [0, 0.1) is 11.3 Å². The summed E-state index contributed by atoms with van der Waals surface area (Å²) in [6.45, 7) is 0. The molecule has 1 aliphatic heterocycles. The van der Waals surface area contributed by atoms with Gasteiger partial charge in [0, 0.05) is 18.1 Å². The van der Waals surface area contributed by atoms with E-state index in [9.17, 15) is 9.59 Å². The van der Waals surface area contributed by atoms with Gasteiger partial charge < -0.3 is 21.1 Å². The highest BCUT2D eigenvalue weighted by atomic mass is 16.4. The van der Waals surface area contributed by atoms with E-state index in [1.54, 1.807) is 24.3 Å². The van der Waals surface area contributed by atoms with Crippen molar-refractivity contribution in [1.29, 1.82) is 5.26 Å². The van der Waals surface area contributed by atoms with Gasteiger partial charge in [-0.05, 0) is 24.3 Å². The minimum Gasteiger partial charge on any atom is -0.480 e. The number of nitrogens with one attached hydrogen (secondary N) is 3. The predicted octanol–water partition coefficient (Wildman–Crippen LogP) is -0.0174. The topological polar surface area (TPSA) is 114 Å². The zero-order valence-corrected chi connectivity index (χ0v) is 10.3. The Labute approximate surface area is 114 Å². The number of anilines is 1. The molecule has 7 heteroatoms. The largest absolute Gasteiger partial charge is 0.480 e. The first-order valence-electron chi connectivity index (χ1n) is 5.83. The van der Waals surface area contributed by atoms with Gasteiger partial charge in [-0.3, -0.25) is 4.79 Å². The molecule has 102 valence electrons. The maximum atomic E-state index is 12.1. The van der Waals surface area contributed by atoms with Crippen molar-refractivity contribution in [3.8, 4) is 6.07 Å². The summed E-state index contributed by atoms with van der Waals surface area (Å²) >= 11 is 0. The Balaban J connectivity index is 2.08. The number of carboxylic acids is 1. The third kappa shape index (κ3) is 2.87. The molecule has 0 fully saturated rings. The number of benzene rings is 1. The lowest BCUT2D eigenvalue weighted by Gasteiger charge is -2.27. The minimum atomic E-state index is -1.12. The highest BCUT2D eigenvalue weighted by molar-refractivity contribution is 5.99. The number of amides is 1. The Morgan fingerprint density at radius 1 is 1.15 bits per heavy atom. The van der Waals surface area contributed by atoms with Crippen LogP contribution in [0.25, 0.3) is 0 Å². The Morgan fingerprint density at radius 3 is 2.30 bits per heavy atom. The van der Waals surface area contributed by atoms with Crippen LogP contribution in [0.1, 0.15) is 5.56 Å². The van der Waals surface area contributed by atoms with E-state index in [0.717, 1.165) is 0 Å². The van der Waals surface area contributed by atoms with Crippen LogP contribution in [0.2, 0.25) is 0 Å². The first-order chi connectivity index (χ1) is 9.61. The van der Waals surface area contributed by atoms with Crippen LogP contribution in [-0.4, -0.2) is 29.1 Å². The lowest BCUT2D eigenvalue weighted by Crippen LogP contribution is -2.57. The van der Waals surface area contributed by atoms with E-state index >= 15 is 0 Å². The van der Waals surface area contributed by atoms with Gasteiger partial charge in [0.1, 0.15) is 6.04 Å². The molecule has 1 amide bonds. The number of rotatable bonds is 3. The predicted molar refractivity (Wildman–Crippen MR) is 70.4 cm³/mol. The SMILES string of the molecule is N#Cc1ccc(NC(=O)C2NC=CNC2C(=O)O)cc1. The number of nitrogens with zero attached hydrogens (tertiary/aromatic N) is 1. The summed E-state index contributed by atoms with van der Waals surface area (Å²) in [5.74, 6) is -1.60. The second-order valence-corrected chi connectivity index (χ2v) is 4.14. The molecule has 1 aromatic rings. The van der Waals surface area contributed by atoms with Gasteiger partial charge in [-0.15, -0.1) is 0 Å². The summed E-state index contributed by atoms with van der Waals surface area (Å²) in [4.78, 5) is 23.1. The molecule has 0 radical (unpaired) electrons. The van der Waals surface area contributed by atoms with E-state index in [4.69, 9.17) is 10.4 Å². The van der Waals surface area contributed by atoms with Gasteiger partial charge in [0.15, 0.2) is 6.04 Å². The van der Waals surface area contributed by atoms with Crippen molar-refractivity contribution in [2.75, 3.05) is 5.32 Å². The lowest BCUT2D eigenvalue weighted by atomic mass is 10.1. The van der Waals surface area contributed by atoms with Crippen molar-refractivity contribution < 1.29 is 14.7 Å². The van der Waals surface area contributed by atoms with Crippen molar-refractivity contribution in [3.63, 3.8) is 0 Å². The number of hydrogen-bond donors (Lipinski definition) is 4. The second-order valence-electron chi connectivity index (χ2n) is 4.14. The normalized spacial score (nSPS) is 20.1. The number of aliphatic carboxylic acids is 1. The maximum Gasteiger partial charge on any atom is 0.328 e. The quantitative estimate of drug-likeness (QED) is 0.615. The summed E-state index contributed by atoms with van der Waals surface area (Å²) in [6.07, 6.45) is 2.91. The van der Waals surface area contributed by atoms with Crippen LogP contribution in [0.3, 0.4) is 0 Å². The maximum absolute atomic E-state index is 12.1. The monoisotopic (exact) mass is 272 g/mol. The molecular weight excluding hydrogens is 260 g/mol. The van der Waals surface area contributed by atoms with Crippen molar-refractivity contribution in [3.05, 3.63) is 42.2 Å². The first-order valence-corrected chi connectivity index (χ1v) is 5.83. The third-order valence-electron chi connectivity index (χ3n) is 2.80. The number of carbonyl (C=O) groups excluding carboxylic acids is 1. The summed E-state index contributed by atoms with van der Waals surface area (Å²) in [6, 6.07) is 6.30. The van der Waals surface area contributed by atoms with Gasteiger partial charge in [-0.2, -0.15) is 5.26 Å². The Bertz CT molecular complexity index is 589. The fourth-order valence-electron chi connectivity index (χ4n) is 1.79. The summed E-state index contributed by atoms with van der Waals surface area (Å²) < 4.78 is 0. The van der Waals surface area contributed by atoms with Gasteiger partial charge >= 0.3 is 5.97 Å². The van der Waals surface area contributed by atoms with Gasteiger partial charge in [-0.1, -0.05) is 0 Å². The van der Waals surface area contributed by atoms with E-state index in [1.807, 2.05) is 6.07 Å². The standard InChI is InChI=1S/C13H12N4O3/c14-7-8-1-3-9(4-2-8)17-12(18)10-11(13(19)20)16-6-5-15-10/h1-6,10-11,15-16H,(H,17,18)(H,19,20). The summed E-state index contributed by atoms with van der Waals surface area (Å²) in [5.41, 5.74) is 0.973. The molecule has 1 aliphatic rings. The summed E-state index contributed by atoms with van der Waals surface area (Å²) in [7, 11) is 0. The van der Waals surface area contributed by atoms with E-state index in [0.29, 0.717) is 11.3 Å². The average molecular weight is 272 g/mol. The molecular formula is C13H12N4O3. The Morgan fingerprint density at radius 2 is 1.75 bits per heavy atom. The number of carbonyl (C=O) groups is 2. The Kier molecular flexibility index (Phi) is 3.86. The molecule has 1 aromatic carbocycles. The molecule has 0 aliphatic carbocycles. The average Bonchev–Trinajstić information content (AvgIpc) is 2.48. The molecule has 2 rings (SSSR count). The third-order valence-corrected chi connectivity index (χ3v) is 2.80. The zero-order valence-electron chi connectivity index (χ0n) is 10.3. The van der Waals surface area contributed by atoms with Crippen LogP contribution in [0.15, 0.2) is 36.7 Å². The number of nitriles is 1. The van der Waals surface area contributed by atoms with Crippen LogP contribution >= 0.6 is 0 Å². The fraction of sp³-hybridized carbons (Fsp3) is 0.154. The molecule has 0 saturated carbocycles. The molecule has 0 spiro atoms. The lowest BCUT2D eigenvalue weighted by molar-refractivity contribution is -0.141. The molecule has 1 heterocycles.